The van der Waals surface area contributed by atoms with Crippen molar-refractivity contribution in [2.24, 2.45) is 0 Å². The Hall–Kier alpha value is -2.74. The third-order valence-corrected chi connectivity index (χ3v) is 4.35. The van der Waals surface area contributed by atoms with Crippen molar-refractivity contribution in [3.05, 3.63) is 59.7 Å². The number of hydroxylamine groups is 1. The van der Waals surface area contributed by atoms with E-state index < -0.39 is 24.0 Å². The Morgan fingerprint density at radius 1 is 1.00 bits per heavy atom. The summed E-state index contributed by atoms with van der Waals surface area (Å²) in [4.78, 5) is 23.8. The van der Waals surface area contributed by atoms with Crippen molar-refractivity contribution < 1.29 is 19.9 Å². The Morgan fingerprint density at radius 2 is 1.57 bits per heavy atom. The minimum atomic E-state index is -1.24. The van der Waals surface area contributed by atoms with Crippen LogP contribution in [0.2, 0.25) is 0 Å². The largest absolute Gasteiger partial charge is 0.391 e. The summed E-state index contributed by atoms with van der Waals surface area (Å²) >= 11 is 0. The molecule has 0 aromatic heterocycles. The van der Waals surface area contributed by atoms with E-state index in [-0.39, 0.29) is 0 Å². The Bertz CT molecular complexity index is 773. The van der Waals surface area contributed by atoms with Crippen LogP contribution in [0.15, 0.2) is 48.5 Å². The molecule has 7 heteroatoms. The van der Waals surface area contributed by atoms with E-state index in [0.717, 1.165) is 30.6 Å². The fraction of sp³-hybridized carbons (Fsp3) is 0.333. The molecule has 0 heterocycles. The first kappa shape index (κ1) is 21.6. The van der Waals surface area contributed by atoms with E-state index >= 15 is 0 Å². The van der Waals surface area contributed by atoms with Gasteiger partial charge in [-0.1, -0.05) is 43.3 Å². The van der Waals surface area contributed by atoms with E-state index in [1.807, 2.05) is 24.3 Å². The Kier molecular flexibility index (Phi) is 8.13. The molecule has 0 aliphatic carbocycles. The quantitative estimate of drug-likeness (QED) is 0.257. The first-order chi connectivity index (χ1) is 13.5. The molecule has 7 nitrogen and oxygen atoms in total. The molecule has 150 valence electrons. The van der Waals surface area contributed by atoms with E-state index in [9.17, 15) is 14.7 Å². The second-order valence-electron chi connectivity index (χ2n) is 6.62. The van der Waals surface area contributed by atoms with Gasteiger partial charge in [0, 0.05) is 12.1 Å². The third-order valence-electron chi connectivity index (χ3n) is 4.35. The maximum Gasteiger partial charge on any atom is 0.268 e. The number of aliphatic hydroxyl groups excluding tert-OH is 1. The van der Waals surface area contributed by atoms with Gasteiger partial charge >= 0.3 is 0 Å². The van der Waals surface area contributed by atoms with Crippen molar-refractivity contribution in [1.82, 2.24) is 16.1 Å². The molecule has 2 aromatic rings. The number of hydrogen-bond acceptors (Lipinski definition) is 5. The van der Waals surface area contributed by atoms with Crippen molar-refractivity contribution >= 4 is 11.8 Å². The first-order valence-corrected chi connectivity index (χ1v) is 9.29. The third kappa shape index (κ3) is 5.88. The Balaban J connectivity index is 2.04. The highest BCUT2D eigenvalue weighted by molar-refractivity contribution is 5.97. The summed E-state index contributed by atoms with van der Waals surface area (Å²) in [6.45, 7) is 5.30. The molecular weight excluding hydrogens is 358 g/mol. The molecule has 0 unspecified atom stereocenters. The molecule has 0 saturated heterocycles. The highest BCUT2D eigenvalue weighted by Crippen LogP contribution is 2.20. The summed E-state index contributed by atoms with van der Waals surface area (Å²) in [5.41, 5.74) is 4.99. The summed E-state index contributed by atoms with van der Waals surface area (Å²) in [5.74, 6) is -1.40. The minimum absolute atomic E-state index is 0.348. The minimum Gasteiger partial charge on any atom is -0.391 e. The molecule has 28 heavy (non-hydrogen) atoms. The maximum absolute atomic E-state index is 12.3. The van der Waals surface area contributed by atoms with Crippen LogP contribution in [-0.4, -0.2) is 40.8 Å². The van der Waals surface area contributed by atoms with Gasteiger partial charge in [0.1, 0.15) is 6.04 Å². The van der Waals surface area contributed by atoms with Gasteiger partial charge in [-0.2, -0.15) is 0 Å². The van der Waals surface area contributed by atoms with Crippen LogP contribution in [-0.2, 0) is 11.3 Å². The fourth-order valence-electron chi connectivity index (χ4n) is 2.74. The molecule has 2 amide bonds. The second kappa shape index (κ2) is 10.6. The van der Waals surface area contributed by atoms with E-state index in [2.05, 4.69) is 29.7 Å². The van der Waals surface area contributed by atoms with Crippen LogP contribution in [0.25, 0.3) is 11.1 Å². The summed E-state index contributed by atoms with van der Waals surface area (Å²) in [6.07, 6.45) is -0.0543. The summed E-state index contributed by atoms with van der Waals surface area (Å²) in [7, 11) is 0. The van der Waals surface area contributed by atoms with E-state index in [4.69, 9.17) is 5.21 Å². The van der Waals surface area contributed by atoms with Gasteiger partial charge in [0.15, 0.2) is 0 Å². The number of benzene rings is 2. The highest BCUT2D eigenvalue weighted by atomic mass is 16.5. The van der Waals surface area contributed by atoms with Crippen molar-refractivity contribution in [2.45, 2.75) is 39.0 Å². The molecule has 0 saturated carbocycles. The molecule has 5 N–H and O–H groups in total. The number of aliphatic hydroxyl groups is 1. The Morgan fingerprint density at radius 3 is 2.07 bits per heavy atom. The molecular formula is C21H27N3O4. The fourth-order valence-corrected chi connectivity index (χ4v) is 2.74. The van der Waals surface area contributed by atoms with Crippen LogP contribution >= 0.6 is 0 Å². The lowest BCUT2D eigenvalue weighted by atomic mass is 10.0. The molecule has 2 aromatic carbocycles. The summed E-state index contributed by atoms with van der Waals surface area (Å²) in [6, 6.07) is 13.9. The van der Waals surface area contributed by atoms with Crippen LogP contribution in [0, 0.1) is 0 Å². The van der Waals surface area contributed by atoms with Crippen LogP contribution in [0.5, 0.6) is 0 Å². The van der Waals surface area contributed by atoms with Crippen molar-refractivity contribution in [2.75, 3.05) is 6.54 Å². The monoisotopic (exact) mass is 385 g/mol. The molecule has 0 aliphatic rings. The van der Waals surface area contributed by atoms with Crippen LogP contribution in [0.3, 0.4) is 0 Å². The molecule has 0 spiro atoms. The van der Waals surface area contributed by atoms with Gasteiger partial charge in [-0.3, -0.25) is 14.8 Å². The Labute approximate surface area is 164 Å². The van der Waals surface area contributed by atoms with Crippen LogP contribution < -0.4 is 16.1 Å². The number of hydrogen-bond donors (Lipinski definition) is 5. The van der Waals surface area contributed by atoms with Crippen molar-refractivity contribution in [3.63, 3.8) is 0 Å². The zero-order chi connectivity index (χ0) is 20.5. The lowest BCUT2D eigenvalue weighted by molar-refractivity contribution is -0.133. The van der Waals surface area contributed by atoms with Gasteiger partial charge in [0.25, 0.3) is 11.8 Å². The van der Waals surface area contributed by atoms with Gasteiger partial charge in [0.05, 0.1) is 6.10 Å². The summed E-state index contributed by atoms with van der Waals surface area (Å²) < 4.78 is 0. The van der Waals surface area contributed by atoms with E-state index in [0.29, 0.717) is 5.56 Å². The lowest BCUT2D eigenvalue weighted by Gasteiger charge is -2.19. The SMILES string of the molecule is CCCNCc1ccc(-c2ccc(C(=O)N[C@H](C(=O)NO)[C@@H](C)O)cc2)cc1. The van der Waals surface area contributed by atoms with Crippen molar-refractivity contribution in [1.29, 1.82) is 0 Å². The molecule has 2 atom stereocenters. The number of carbonyl (C=O) groups is 2. The predicted molar refractivity (Wildman–Crippen MR) is 107 cm³/mol. The number of carbonyl (C=O) groups excluding carboxylic acids is 2. The van der Waals surface area contributed by atoms with Gasteiger partial charge in [-0.15, -0.1) is 0 Å². The second-order valence-corrected chi connectivity index (χ2v) is 6.62. The highest BCUT2D eigenvalue weighted by Gasteiger charge is 2.25. The van der Waals surface area contributed by atoms with Gasteiger partial charge in [-0.05, 0) is 48.7 Å². The molecule has 0 bridgehead atoms. The average Bonchev–Trinajstić information content (AvgIpc) is 2.72. The van der Waals surface area contributed by atoms with Crippen molar-refractivity contribution in [3.8, 4) is 11.1 Å². The lowest BCUT2D eigenvalue weighted by Crippen LogP contribution is -2.51. The molecule has 0 fully saturated rings. The van der Waals surface area contributed by atoms with E-state index in [1.165, 1.54) is 18.0 Å². The molecule has 0 aliphatic heterocycles. The van der Waals surface area contributed by atoms with Gasteiger partial charge in [0.2, 0.25) is 0 Å². The number of nitrogens with one attached hydrogen (secondary N) is 3. The number of amides is 2. The predicted octanol–water partition coefficient (Wildman–Crippen LogP) is 1.84. The standard InChI is InChI=1S/C21H27N3O4/c1-3-12-22-13-15-4-6-16(7-5-15)17-8-10-18(11-9-17)20(26)23-19(14(2)25)21(27)24-28/h4-11,14,19,22,25,28H,3,12-13H2,1-2H3,(H,23,26)(H,24,27)/t14-,19+/m1/s1. The molecule has 0 radical (unpaired) electrons. The maximum atomic E-state index is 12.3. The smallest absolute Gasteiger partial charge is 0.268 e. The van der Waals surface area contributed by atoms with Crippen LogP contribution in [0.4, 0.5) is 0 Å². The zero-order valence-electron chi connectivity index (χ0n) is 16.1. The average molecular weight is 385 g/mol. The van der Waals surface area contributed by atoms with Gasteiger partial charge in [-0.25, -0.2) is 5.48 Å². The first-order valence-electron chi connectivity index (χ1n) is 9.29. The van der Waals surface area contributed by atoms with Crippen LogP contribution in [0.1, 0.15) is 36.2 Å². The van der Waals surface area contributed by atoms with E-state index in [1.54, 1.807) is 12.1 Å². The van der Waals surface area contributed by atoms with Gasteiger partial charge < -0.3 is 15.7 Å². The summed E-state index contributed by atoms with van der Waals surface area (Å²) in [5, 5.41) is 24.1. The number of rotatable bonds is 9. The normalized spacial score (nSPS) is 12.9. The topological polar surface area (TPSA) is 111 Å². The molecule has 2 rings (SSSR count). The zero-order valence-corrected chi connectivity index (χ0v) is 16.1.